The van der Waals surface area contributed by atoms with Gasteiger partial charge in [-0.3, -0.25) is 4.79 Å². The number of benzene rings is 1. The van der Waals surface area contributed by atoms with Gasteiger partial charge in [-0.15, -0.1) is 0 Å². The number of carbonyl (C=O) groups excluding carboxylic acids is 1. The van der Waals surface area contributed by atoms with E-state index in [1.165, 1.54) is 0 Å². The van der Waals surface area contributed by atoms with Crippen LogP contribution in [-0.4, -0.2) is 44.0 Å². The lowest BCUT2D eigenvalue weighted by Crippen LogP contribution is -2.42. The fraction of sp³-hybridized carbons (Fsp3) is 0.588. The molecule has 2 N–H and O–H groups in total. The minimum absolute atomic E-state index is 0.00514. The molecule has 0 saturated heterocycles. The number of anilines is 1. The molecule has 0 bridgehead atoms. The van der Waals surface area contributed by atoms with Gasteiger partial charge in [0.25, 0.3) is 5.91 Å². The molecule has 1 amide bonds. The monoisotopic (exact) mass is 291 g/mol. The van der Waals surface area contributed by atoms with Crippen molar-refractivity contribution in [2.24, 2.45) is 5.92 Å². The third-order valence-electron chi connectivity index (χ3n) is 3.20. The van der Waals surface area contributed by atoms with Gasteiger partial charge >= 0.3 is 0 Å². The van der Waals surface area contributed by atoms with Gasteiger partial charge in [-0.1, -0.05) is 13.8 Å². The molecule has 1 aromatic carbocycles. The zero-order valence-corrected chi connectivity index (χ0v) is 13.9. The Morgan fingerprint density at radius 1 is 1.19 bits per heavy atom. The van der Waals surface area contributed by atoms with Gasteiger partial charge in [0.15, 0.2) is 0 Å². The Morgan fingerprint density at radius 3 is 2.29 bits per heavy atom. The highest BCUT2D eigenvalue weighted by Crippen LogP contribution is 2.11. The van der Waals surface area contributed by atoms with E-state index >= 15 is 0 Å². The molecule has 4 heteroatoms. The van der Waals surface area contributed by atoms with E-state index in [2.05, 4.69) is 36.3 Å². The zero-order chi connectivity index (χ0) is 15.8. The van der Waals surface area contributed by atoms with Gasteiger partial charge < -0.3 is 15.5 Å². The highest BCUT2D eigenvalue weighted by molar-refractivity contribution is 5.94. The summed E-state index contributed by atoms with van der Waals surface area (Å²) in [7, 11) is 4.06. The Labute approximate surface area is 128 Å². The van der Waals surface area contributed by atoms with Crippen molar-refractivity contribution in [3.05, 3.63) is 29.8 Å². The molecule has 1 rings (SSSR count). The van der Waals surface area contributed by atoms with Crippen molar-refractivity contribution >= 4 is 11.6 Å². The van der Waals surface area contributed by atoms with Crippen molar-refractivity contribution in [2.75, 3.05) is 32.5 Å². The van der Waals surface area contributed by atoms with E-state index in [0.717, 1.165) is 25.2 Å². The van der Waals surface area contributed by atoms with Crippen molar-refractivity contribution in [1.82, 2.24) is 10.2 Å². The Balaban J connectivity index is 2.67. The summed E-state index contributed by atoms with van der Waals surface area (Å²) in [6, 6.07) is 7.81. The summed E-state index contributed by atoms with van der Waals surface area (Å²) in [6.07, 6.45) is 0.986. The second kappa shape index (κ2) is 8.67. The number of rotatable bonds is 8. The molecule has 0 aromatic heterocycles. The number of nitrogens with one attached hydrogen (secondary N) is 2. The lowest BCUT2D eigenvalue weighted by Gasteiger charge is -2.24. The van der Waals surface area contributed by atoms with Crippen LogP contribution in [0.15, 0.2) is 24.3 Å². The van der Waals surface area contributed by atoms with Gasteiger partial charge in [0.05, 0.1) is 0 Å². The van der Waals surface area contributed by atoms with Crippen LogP contribution < -0.4 is 10.6 Å². The first kappa shape index (κ1) is 17.5. The maximum Gasteiger partial charge on any atom is 0.251 e. The molecule has 0 radical (unpaired) electrons. The van der Waals surface area contributed by atoms with E-state index in [0.29, 0.717) is 11.5 Å². The Morgan fingerprint density at radius 2 is 1.81 bits per heavy atom. The summed E-state index contributed by atoms with van der Waals surface area (Å²) in [5.41, 5.74) is 1.75. The van der Waals surface area contributed by atoms with E-state index in [9.17, 15) is 4.79 Å². The number of likely N-dealkylation sites (N-methyl/N-ethyl adjacent to an activating group) is 1. The van der Waals surface area contributed by atoms with Crippen LogP contribution in [0.25, 0.3) is 0 Å². The topological polar surface area (TPSA) is 44.4 Å². The molecule has 0 spiro atoms. The molecule has 0 fully saturated rings. The normalized spacial score (nSPS) is 12.5. The van der Waals surface area contributed by atoms with Crippen LogP contribution in [0.1, 0.15) is 37.6 Å². The molecule has 0 saturated carbocycles. The van der Waals surface area contributed by atoms with E-state index in [-0.39, 0.29) is 11.9 Å². The molecule has 0 aliphatic carbocycles. The van der Waals surface area contributed by atoms with Crippen LogP contribution in [0.2, 0.25) is 0 Å². The summed E-state index contributed by atoms with van der Waals surface area (Å²) >= 11 is 0. The Hall–Kier alpha value is -1.55. The van der Waals surface area contributed by atoms with Crippen molar-refractivity contribution in [1.29, 1.82) is 0 Å². The zero-order valence-electron chi connectivity index (χ0n) is 13.9. The largest absolute Gasteiger partial charge is 0.385 e. The Kier molecular flexibility index (Phi) is 7.23. The van der Waals surface area contributed by atoms with Crippen LogP contribution in [-0.2, 0) is 0 Å². The first-order valence-electron chi connectivity index (χ1n) is 7.71. The lowest BCUT2D eigenvalue weighted by molar-refractivity contribution is 0.0924. The molecule has 0 heterocycles. The van der Waals surface area contributed by atoms with Crippen molar-refractivity contribution < 1.29 is 4.79 Å². The predicted octanol–water partition coefficient (Wildman–Crippen LogP) is 2.82. The average molecular weight is 291 g/mol. The van der Waals surface area contributed by atoms with E-state index in [1.54, 1.807) is 0 Å². The summed E-state index contributed by atoms with van der Waals surface area (Å²) in [6.45, 7) is 8.16. The Bertz CT molecular complexity index is 416. The lowest BCUT2D eigenvalue weighted by atomic mass is 10.0. The summed E-state index contributed by atoms with van der Waals surface area (Å²) in [5, 5.41) is 6.37. The molecule has 21 heavy (non-hydrogen) atoms. The maximum atomic E-state index is 12.3. The molecular formula is C17H29N3O. The fourth-order valence-electron chi connectivity index (χ4n) is 2.40. The van der Waals surface area contributed by atoms with Gasteiger partial charge in [0.2, 0.25) is 0 Å². The maximum absolute atomic E-state index is 12.3. The quantitative estimate of drug-likeness (QED) is 0.774. The molecule has 4 nitrogen and oxygen atoms in total. The molecular weight excluding hydrogens is 262 g/mol. The summed E-state index contributed by atoms with van der Waals surface area (Å²) in [5.74, 6) is 0.567. The van der Waals surface area contributed by atoms with Gasteiger partial charge in [0, 0.05) is 30.4 Å². The van der Waals surface area contributed by atoms with Crippen molar-refractivity contribution in [3.8, 4) is 0 Å². The first-order valence-corrected chi connectivity index (χ1v) is 7.71. The minimum Gasteiger partial charge on any atom is -0.385 e. The molecule has 0 aliphatic heterocycles. The number of hydrogen-bond donors (Lipinski definition) is 2. The molecule has 0 aliphatic rings. The van der Waals surface area contributed by atoms with Gasteiger partial charge in [0.1, 0.15) is 0 Å². The SMILES string of the molecule is CCNc1ccc(C(=O)NC(CC(C)C)CN(C)C)cc1. The third-order valence-corrected chi connectivity index (χ3v) is 3.20. The molecule has 118 valence electrons. The highest BCUT2D eigenvalue weighted by Gasteiger charge is 2.16. The minimum atomic E-state index is 0.00514. The summed E-state index contributed by atoms with van der Waals surface area (Å²) in [4.78, 5) is 14.4. The van der Waals surface area contributed by atoms with Crippen molar-refractivity contribution in [3.63, 3.8) is 0 Å². The smallest absolute Gasteiger partial charge is 0.251 e. The molecule has 1 atom stereocenters. The number of hydrogen-bond acceptors (Lipinski definition) is 3. The fourth-order valence-corrected chi connectivity index (χ4v) is 2.40. The second-order valence-electron chi connectivity index (χ2n) is 6.17. The molecule has 1 aromatic rings. The van der Waals surface area contributed by atoms with Crippen LogP contribution in [0.3, 0.4) is 0 Å². The van der Waals surface area contributed by atoms with Gasteiger partial charge in [-0.05, 0) is 57.6 Å². The van der Waals surface area contributed by atoms with Crippen LogP contribution in [0.5, 0.6) is 0 Å². The van der Waals surface area contributed by atoms with Gasteiger partial charge in [-0.2, -0.15) is 0 Å². The standard InChI is InChI=1S/C17H29N3O/c1-6-18-15-9-7-14(8-10-15)17(21)19-16(11-13(2)3)12-20(4)5/h7-10,13,16,18H,6,11-12H2,1-5H3,(H,19,21). The van der Waals surface area contributed by atoms with Crippen LogP contribution in [0, 0.1) is 5.92 Å². The van der Waals surface area contributed by atoms with Crippen LogP contribution in [0.4, 0.5) is 5.69 Å². The first-order chi connectivity index (χ1) is 9.92. The van der Waals surface area contributed by atoms with Gasteiger partial charge in [-0.25, -0.2) is 0 Å². The average Bonchev–Trinajstić information content (AvgIpc) is 2.38. The highest BCUT2D eigenvalue weighted by atomic mass is 16.1. The number of nitrogens with zero attached hydrogens (tertiary/aromatic N) is 1. The number of amides is 1. The van der Waals surface area contributed by atoms with Crippen LogP contribution >= 0.6 is 0 Å². The second-order valence-corrected chi connectivity index (χ2v) is 6.17. The van der Waals surface area contributed by atoms with E-state index in [1.807, 2.05) is 38.4 Å². The molecule has 1 unspecified atom stereocenters. The van der Waals surface area contributed by atoms with E-state index in [4.69, 9.17) is 0 Å². The predicted molar refractivity (Wildman–Crippen MR) is 89.9 cm³/mol. The third kappa shape index (κ3) is 6.63. The summed E-state index contributed by atoms with van der Waals surface area (Å²) < 4.78 is 0. The number of carbonyl (C=O) groups is 1. The van der Waals surface area contributed by atoms with Crippen molar-refractivity contribution in [2.45, 2.75) is 33.2 Å². The van der Waals surface area contributed by atoms with E-state index < -0.39 is 0 Å².